The standard InChI is InChI=1S/C29H40N4O7.C7H8O3S/c1-28(2,3)12-31-11-14-10-17(32(4)5)15-8-13-9-16-21(33(6)7)24(36)20(27(30)39)26(38)29(16,40)25(37)18(13)23(35)19(15)22(14)34;1-6-2-4-7(5-3-6)11(8,9)10/h10,13,16,21,31,34-35,38,40H,8-9,11-12H2,1-7H3,(H2,30,39);2-5H,1H3,(H,8,9,10)/t13-,16-,21-,29-;/m0./s1. The van der Waals surface area contributed by atoms with Gasteiger partial charge in [0.05, 0.1) is 16.5 Å². The van der Waals surface area contributed by atoms with Crippen LogP contribution in [0.2, 0.25) is 0 Å². The van der Waals surface area contributed by atoms with Gasteiger partial charge in [-0.05, 0) is 69.0 Å². The molecule has 51 heavy (non-hydrogen) atoms. The van der Waals surface area contributed by atoms with Crippen LogP contribution in [0.1, 0.15) is 49.4 Å². The molecule has 2 aromatic carbocycles. The van der Waals surface area contributed by atoms with Gasteiger partial charge in [-0.3, -0.25) is 23.8 Å². The summed E-state index contributed by atoms with van der Waals surface area (Å²) in [6.45, 7) is 9.05. The van der Waals surface area contributed by atoms with E-state index in [1.165, 1.54) is 17.0 Å². The number of aryl methyl sites for hydroxylation is 1. The summed E-state index contributed by atoms with van der Waals surface area (Å²) in [5, 5.41) is 49.0. The highest BCUT2D eigenvalue weighted by Gasteiger charge is 2.64. The normalized spacial score (nSPS) is 23.3. The van der Waals surface area contributed by atoms with Crippen molar-refractivity contribution < 1.29 is 47.8 Å². The number of nitrogens with one attached hydrogen (secondary N) is 1. The minimum Gasteiger partial charge on any atom is -0.508 e. The quantitative estimate of drug-likeness (QED) is 0.161. The summed E-state index contributed by atoms with van der Waals surface area (Å²) in [5.41, 5.74) is 4.69. The zero-order valence-corrected chi connectivity index (χ0v) is 30.9. The van der Waals surface area contributed by atoms with Crippen molar-refractivity contribution in [1.29, 1.82) is 0 Å². The molecule has 3 aliphatic rings. The molecule has 15 heteroatoms. The number of ketones is 2. The van der Waals surface area contributed by atoms with Gasteiger partial charge in [-0.15, -0.1) is 0 Å². The molecule has 1 fully saturated rings. The molecule has 1 amide bonds. The van der Waals surface area contributed by atoms with E-state index >= 15 is 0 Å². The molecule has 8 N–H and O–H groups in total. The van der Waals surface area contributed by atoms with E-state index in [1.807, 2.05) is 32.0 Å². The Balaban J connectivity index is 0.000000452. The number of nitrogens with two attached hydrogens (primary N) is 1. The molecular weight excluding hydrogens is 680 g/mol. The summed E-state index contributed by atoms with van der Waals surface area (Å²) in [7, 11) is 2.82. The number of carbonyl (C=O) groups excluding carboxylic acids is 3. The predicted molar refractivity (Wildman–Crippen MR) is 191 cm³/mol. The van der Waals surface area contributed by atoms with Crippen LogP contribution >= 0.6 is 0 Å². The molecule has 278 valence electrons. The van der Waals surface area contributed by atoms with E-state index in [2.05, 4.69) is 26.1 Å². The van der Waals surface area contributed by atoms with Gasteiger partial charge in [0.25, 0.3) is 16.0 Å². The average molecular weight is 729 g/mol. The van der Waals surface area contributed by atoms with Crippen molar-refractivity contribution >= 4 is 39.0 Å². The Bertz CT molecular complexity index is 1930. The van der Waals surface area contributed by atoms with Crippen molar-refractivity contribution in [2.24, 2.45) is 23.0 Å². The van der Waals surface area contributed by atoms with Gasteiger partial charge in [0, 0.05) is 49.9 Å². The van der Waals surface area contributed by atoms with Crippen molar-refractivity contribution in [3.8, 4) is 5.75 Å². The Morgan fingerprint density at radius 1 is 1.06 bits per heavy atom. The first-order valence-corrected chi connectivity index (χ1v) is 17.8. The third-order valence-corrected chi connectivity index (χ3v) is 10.4. The topological polar surface area (TPSA) is 231 Å². The molecule has 1 saturated carbocycles. The molecule has 4 atom stereocenters. The molecule has 0 heterocycles. The first-order chi connectivity index (χ1) is 23.4. The smallest absolute Gasteiger partial charge is 0.294 e. The number of hydrogen-bond donors (Lipinski definition) is 7. The van der Waals surface area contributed by atoms with E-state index in [0.717, 1.165) is 11.3 Å². The SMILES string of the molecule is CN(C)c1cc(CNCC(C)(C)C)c(O)c2c1C[C@H]1C[C@H]3[C@H](N(C)C)C(=O)C(C(N)=O)=C(O)[C@@]3(O)C(=O)C1=C2O.Cc1ccc(S(=O)(=O)O)cc1. The van der Waals surface area contributed by atoms with E-state index in [-0.39, 0.29) is 40.0 Å². The van der Waals surface area contributed by atoms with Crippen LogP contribution in [-0.2, 0) is 37.5 Å². The number of anilines is 1. The number of fused-ring (bicyclic) bond motifs is 3. The lowest BCUT2D eigenvalue weighted by molar-refractivity contribution is -0.153. The fourth-order valence-corrected chi connectivity index (χ4v) is 7.64. The number of aliphatic hydroxyl groups is 3. The molecule has 0 bridgehead atoms. The lowest BCUT2D eigenvalue weighted by Crippen LogP contribution is -2.65. The number of aromatic hydroxyl groups is 1. The molecule has 0 aromatic heterocycles. The van der Waals surface area contributed by atoms with Crippen LogP contribution in [0.4, 0.5) is 5.69 Å². The van der Waals surface area contributed by atoms with Gasteiger partial charge >= 0.3 is 0 Å². The number of hydrogen-bond acceptors (Lipinski definition) is 12. The van der Waals surface area contributed by atoms with Gasteiger partial charge in [-0.25, -0.2) is 0 Å². The second kappa shape index (κ2) is 14.0. The number of likely N-dealkylation sites (N-methyl/N-ethyl adjacent to an activating group) is 1. The van der Waals surface area contributed by atoms with E-state index in [9.17, 15) is 43.2 Å². The number of phenolic OH excluding ortho intramolecular Hbond substituents is 1. The summed E-state index contributed by atoms with van der Waals surface area (Å²) in [6, 6.07) is 6.72. The number of rotatable bonds is 7. The molecule has 2 aromatic rings. The lowest BCUT2D eigenvalue weighted by atomic mass is 9.57. The molecule has 5 rings (SSSR count). The Morgan fingerprint density at radius 3 is 2.14 bits per heavy atom. The van der Waals surface area contributed by atoms with Crippen molar-refractivity contribution in [3.05, 3.63) is 69.5 Å². The second-order valence-electron chi connectivity index (χ2n) is 15.1. The third kappa shape index (κ3) is 7.39. The van der Waals surface area contributed by atoms with Crippen molar-refractivity contribution in [2.75, 3.05) is 39.6 Å². The minimum absolute atomic E-state index is 0.00285. The van der Waals surface area contributed by atoms with Crippen LogP contribution in [0.15, 0.2) is 52.1 Å². The Kier molecular flexibility index (Phi) is 10.9. The molecule has 3 aliphatic carbocycles. The number of phenols is 1. The Labute approximate surface area is 298 Å². The average Bonchev–Trinajstić information content (AvgIpc) is 2.99. The minimum atomic E-state index is -4.02. The fourth-order valence-electron chi connectivity index (χ4n) is 7.16. The van der Waals surface area contributed by atoms with Crippen molar-refractivity contribution in [3.63, 3.8) is 0 Å². The van der Waals surface area contributed by atoms with Crippen LogP contribution in [0, 0.1) is 24.2 Å². The highest BCUT2D eigenvalue weighted by atomic mass is 32.2. The Morgan fingerprint density at radius 2 is 1.65 bits per heavy atom. The van der Waals surface area contributed by atoms with Gasteiger partial charge < -0.3 is 36.4 Å². The van der Waals surface area contributed by atoms with Gasteiger partial charge in [0.1, 0.15) is 22.8 Å². The first-order valence-electron chi connectivity index (χ1n) is 16.4. The third-order valence-electron chi connectivity index (χ3n) is 9.55. The fraction of sp³-hybridized carbons (Fsp3) is 0.472. The molecule has 0 spiro atoms. The Hall–Kier alpha value is -4.28. The maximum Gasteiger partial charge on any atom is 0.294 e. The summed E-state index contributed by atoms with van der Waals surface area (Å²) in [6.07, 6.45) is 0.291. The van der Waals surface area contributed by atoms with E-state index in [1.54, 1.807) is 26.2 Å². The highest BCUT2D eigenvalue weighted by Crippen LogP contribution is 2.54. The zero-order chi connectivity index (χ0) is 38.5. The number of carbonyl (C=O) groups is 3. The van der Waals surface area contributed by atoms with Crippen molar-refractivity contribution in [1.82, 2.24) is 10.2 Å². The molecule has 0 unspecified atom stereocenters. The molecule has 0 aliphatic heterocycles. The monoisotopic (exact) mass is 728 g/mol. The van der Waals surface area contributed by atoms with Crippen LogP contribution in [0.5, 0.6) is 5.75 Å². The van der Waals surface area contributed by atoms with Crippen LogP contribution < -0.4 is 16.0 Å². The number of Topliss-reactive ketones (excluding diaryl/α,β-unsaturated/α-hetero) is 2. The van der Waals surface area contributed by atoms with Gasteiger partial charge in [-0.2, -0.15) is 8.42 Å². The lowest BCUT2D eigenvalue weighted by Gasteiger charge is -2.50. The maximum absolute atomic E-state index is 14.0. The molecular formula is C36H48N4O10S. The highest BCUT2D eigenvalue weighted by molar-refractivity contribution is 7.85. The number of primary amides is 1. The van der Waals surface area contributed by atoms with Gasteiger partial charge in [0.15, 0.2) is 11.4 Å². The number of benzene rings is 2. The molecule has 14 nitrogen and oxygen atoms in total. The maximum atomic E-state index is 14.0. The van der Waals surface area contributed by atoms with E-state index in [4.69, 9.17) is 10.3 Å². The molecule has 0 radical (unpaired) electrons. The summed E-state index contributed by atoms with van der Waals surface area (Å²) in [4.78, 5) is 42.7. The number of aliphatic hydroxyl groups excluding tert-OH is 2. The van der Waals surface area contributed by atoms with Gasteiger partial charge in [-0.1, -0.05) is 38.5 Å². The van der Waals surface area contributed by atoms with Crippen molar-refractivity contribution in [2.45, 2.75) is 63.6 Å². The van der Waals surface area contributed by atoms with Crippen LogP contribution in [0.3, 0.4) is 0 Å². The zero-order valence-electron chi connectivity index (χ0n) is 30.1. The second-order valence-corrected chi connectivity index (χ2v) is 16.5. The summed E-state index contributed by atoms with van der Waals surface area (Å²) >= 11 is 0. The number of amides is 1. The van der Waals surface area contributed by atoms with E-state index in [0.29, 0.717) is 24.2 Å². The largest absolute Gasteiger partial charge is 0.508 e. The summed E-state index contributed by atoms with van der Waals surface area (Å²) < 4.78 is 29.6. The summed E-state index contributed by atoms with van der Waals surface area (Å²) in [5.74, 6) is -6.55. The van der Waals surface area contributed by atoms with E-state index < -0.39 is 68.2 Å². The predicted octanol–water partition coefficient (Wildman–Crippen LogP) is 2.41. The van der Waals surface area contributed by atoms with Crippen LogP contribution in [0.25, 0.3) is 5.76 Å². The van der Waals surface area contributed by atoms with Crippen LogP contribution in [-0.4, -0.2) is 102 Å². The number of nitrogens with zero attached hydrogens (tertiary/aromatic N) is 2. The molecule has 0 saturated heterocycles. The van der Waals surface area contributed by atoms with Gasteiger partial charge in [0.2, 0.25) is 5.78 Å². The first kappa shape index (κ1) is 39.5.